The van der Waals surface area contributed by atoms with Gasteiger partial charge in [0.1, 0.15) is 11.8 Å². The minimum atomic E-state index is -0.841. The summed E-state index contributed by atoms with van der Waals surface area (Å²) in [5.41, 5.74) is -0.656. The molecule has 6 aliphatic rings. The van der Waals surface area contributed by atoms with Gasteiger partial charge in [-0.25, -0.2) is 0 Å². The first-order valence-electron chi connectivity index (χ1n) is 22.1. The van der Waals surface area contributed by atoms with Crippen molar-refractivity contribution in [3.63, 3.8) is 0 Å². The molecule has 0 aromatic heterocycles. The zero-order valence-electron chi connectivity index (χ0n) is 36.8. The Bertz CT molecular complexity index is 1800. The summed E-state index contributed by atoms with van der Waals surface area (Å²) in [6.07, 6.45) is 10.9. The van der Waals surface area contributed by atoms with E-state index in [1.807, 2.05) is 33.8 Å². The number of fused-ring (bicyclic) bond motifs is 7. The number of piperidine rings is 1. The lowest BCUT2D eigenvalue weighted by Gasteiger charge is -2.70. The van der Waals surface area contributed by atoms with Crippen LogP contribution < -0.4 is 10.6 Å². The summed E-state index contributed by atoms with van der Waals surface area (Å²) in [6, 6.07) is 5.75. The molecule has 1 aromatic carbocycles. The van der Waals surface area contributed by atoms with Crippen molar-refractivity contribution in [2.75, 3.05) is 0 Å². The molecule has 1 aliphatic heterocycles. The molecule has 0 bridgehead atoms. The standard InChI is InChI=1S/C48H73N3O6/c1-41(2)26-30(27-42(3,4)51(41)57)49-39(55)34(24-29-12-14-31(52)15-13-29)50-40(56)45(8)21-20-44(7)22-23-47(10)32(33(44)28-45)25-35(53)38-46(9)18-17-37(54)43(5,6)36(46)16-19-48(38,47)11/h12-15,25,30,33-34,36-38,52,54,57H,16-24,26-28H2,1-11H3,(H,49,55)(H,50,56)/t33-,34-,36-,37-,38+,44+,45-,46-,47+,48+/m0/s1. The van der Waals surface area contributed by atoms with Gasteiger partial charge in [0.05, 0.1) is 6.10 Å². The topological polar surface area (TPSA) is 139 Å². The number of aliphatic hydroxyl groups is 1. The highest BCUT2D eigenvalue weighted by Gasteiger charge is 2.70. The fourth-order valence-electron chi connectivity index (χ4n) is 14.5. The molecular weight excluding hydrogens is 715 g/mol. The maximum atomic E-state index is 14.8. The molecule has 5 fully saturated rings. The maximum absolute atomic E-state index is 14.8. The van der Waals surface area contributed by atoms with E-state index in [0.717, 1.165) is 50.5 Å². The van der Waals surface area contributed by atoms with Crippen LogP contribution in [0.1, 0.15) is 152 Å². The lowest BCUT2D eigenvalue weighted by molar-refractivity contribution is -0.246. The van der Waals surface area contributed by atoms with Crippen molar-refractivity contribution in [2.45, 2.75) is 182 Å². The third kappa shape index (κ3) is 6.63. The Balaban J connectivity index is 1.16. The number of nitrogens with zero attached hydrogens (tertiary/aromatic N) is 1. The number of allylic oxidation sites excluding steroid dienone is 2. The number of carbonyl (C=O) groups excluding carboxylic acids is 3. The number of benzene rings is 1. The number of aromatic hydroxyl groups is 1. The second-order valence-electron chi connectivity index (χ2n) is 23.1. The van der Waals surface area contributed by atoms with Crippen molar-refractivity contribution in [3.8, 4) is 5.75 Å². The molecule has 5 N–H and O–H groups in total. The maximum Gasteiger partial charge on any atom is 0.243 e. The molecule has 7 rings (SSSR count). The number of hydroxylamine groups is 2. The van der Waals surface area contributed by atoms with E-state index in [4.69, 9.17) is 0 Å². The number of aliphatic hydroxyl groups excluding tert-OH is 1. The van der Waals surface area contributed by atoms with Gasteiger partial charge in [-0.2, -0.15) is 5.06 Å². The molecule has 4 saturated carbocycles. The highest BCUT2D eigenvalue weighted by molar-refractivity contribution is 5.96. The van der Waals surface area contributed by atoms with E-state index >= 15 is 0 Å². The minimum Gasteiger partial charge on any atom is -0.508 e. The number of rotatable bonds is 6. The van der Waals surface area contributed by atoms with Crippen LogP contribution in [-0.2, 0) is 20.8 Å². The average Bonchev–Trinajstić information content (AvgIpc) is 3.11. The number of hydrogen-bond acceptors (Lipinski definition) is 7. The highest BCUT2D eigenvalue weighted by atomic mass is 16.5. The second-order valence-corrected chi connectivity index (χ2v) is 23.1. The number of hydrogen-bond donors (Lipinski definition) is 5. The van der Waals surface area contributed by atoms with E-state index < -0.39 is 22.5 Å². The van der Waals surface area contributed by atoms with Crippen molar-refractivity contribution >= 4 is 17.6 Å². The number of carbonyl (C=O) groups is 3. The third-order valence-electron chi connectivity index (χ3n) is 18.1. The van der Waals surface area contributed by atoms with E-state index in [1.54, 1.807) is 24.3 Å². The summed E-state index contributed by atoms with van der Waals surface area (Å²) in [4.78, 5) is 43.9. The monoisotopic (exact) mass is 788 g/mol. The first kappa shape index (κ1) is 42.4. The Labute approximate surface area is 342 Å². The van der Waals surface area contributed by atoms with Crippen LogP contribution in [0.4, 0.5) is 0 Å². The second kappa shape index (κ2) is 13.6. The number of phenolic OH excluding ortho intramolecular Hbond substituents is 1. The molecule has 9 nitrogen and oxygen atoms in total. The van der Waals surface area contributed by atoms with Crippen molar-refractivity contribution in [2.24, 2.45) is 50.2 Å². The SMILES string of the molecule is CC1(C)[C@@H](O)CC[C@]2(C)[C@H]3C(=O)C=C4[C@@H]5C[C@@](C)(C(=O)N[C@@H](Cc6ccc(O)cc6)C(=O)NC6CC(C)(C)N(O)C(C)(C)C6)CC[C@]5(C)CC[C@@]4(C)[C@]3(C)CC[C@@H]12. The van der Waals surface area contributed by atoms with Crippen LogP contribution in [-0.4, -0.2) is 67.3 Å². The zero-order valence-corrected chi connectivity index (χ0v) is 36.8. The quantitative estimate of drug-likeness (QED) is 0.196. The number of ketones is 1. The summed E-state index contributed by atoms with van der Waals surface area (Å²) in [5.74, 6) is 0.231. The van der Waals surface area contributed by atoms with Crippen LogP contribution in [0.3, 0.4) is 0 Å². The molecule has 9 heteroatoms. The molecule has 5 aliphatic carbocycles. The molecular formula is C48H73N3O6. The zero-order chi connectivity index (χ0) is 41.9. The number of amides is 2. The Hall–Kier alpha value is -2.75. The number of phenols is 1. The van der Waals surface area contributed by atoms with Crippen LogP contribution in [0.2, 0.25) is 0 Å². The summed E-state index contributed by atoms with van der Waals surface area (Å²) in [6.45, 7) is 23.9. The third-order valence-corrected chi connectivity index (χ3v) is 18.1. The normalized spacial score (nSPS) is 41.6. The van der Waals surface area contributed by atoms with Crippen LogP contribution in [0.5, 0.6) is 5.75 Å². The number of nitrogens with one attached hydrogen (secondary N) is 2. The summed E-state index contributed by atoms with van der Waals surface area (Å²) < 4.78 is 0. The Morgan fingerprint density at radius 1 is 0.825 bits per heavy atom. The summed E-state index contributed by atoms with van der Waals surface area (Å²) >= 11 is 0. The van der Waals surface area contributed by atoms with E-state index in [2.05, 4.69) is 59.1 Å². The molecule has 316 valence electrons. The van der Waals surface area contributed by atoms with Gasteiger partial charge in [-0.05, 0) is 161 Å². The van der Waals surface area contributed by atoms with E-state index in [-0.39, 0.29) is 86.7 Å². The van der Waals surface area contributed by atoms with E-state index in [9.17, 15) is 29.8 Å². The van der Waals surface area contributed by atoms with Gasteiger partial charge in [-0.1, -0.05) is 66.2 Å². The highest BCUT2D eigenvalue weighted by Crippen LogP contribution is 2.75. The van der Waals surface area contributed by atoms with Gasteiger partial charge >= 0.3 is 0 Å². The van der Waals surface area contributed by atoms with Gasteiger partial charge in [0, 0.05) is 34.9 Å². The Kier molecular flexibility index (Phi) is 10.1. The van der Waals surface area contributed by atoms with Crippen molar-refractivity contribution in [1.82, 2.24) is 15.7 Å². The van der Waals surface area contributed by atoms with Gasteiger partial charge in [0.2, 0.25) is 11.8 Å². The molecule has 1 saturated heterocycles. The molecule has 1 heterocycles. The predicted octanol–water partition coefficient (Wildman–Crippen LogP) is 8.29. The molecule has 1 aromatic rings. The predicted molar refractivity (Wildman–Crippen MR) is 222 cm³/mol. The Morgan fingerprint density at radius 3 is 2.07 bits per heavy atom. The molecule has 0 unspecified atom stereocenters. The van der Waals surface area contributed by atoms with Gasteiger partial charge in [0.15, 0.2) is 5.78 Å². The van der Waals surface area contributed by atoms with Crippen molar-refractivity contribution < 1.29 is 29.8 Å². The van der Waals surface area contributed by atoms with Gasteiger partial charge in [-0.3, -0.25) is 14.4 Å². The van der Waals surface area contributed by atoms with Crippen LogP contribution in [0.25, 0.3) is 0 Å². The summed E-state index contributed by atoms with van der Waals surface area (Å²) in [5, 5.41) is 39.9. The smallest absolute Gasteiger partial charge is 0.243 e. The fourth-order valence-corrected chi connectivity index (χ4v) is 14.5. The fraction of sp³-hybridized carbons (Fsp3) is 0.771. The molecule has 0 radical (unpaired) electrons. The first-order valence-corrected chi connectivity index (χ1v) is 22.1. The molecule has 10 atom stereocenters. The summed E-state index contributed by atoms with van der Waals surface area (Å²) in [7, 11) is 0. The van der Waals surface area contributed by atoms with E-state index in [0.29, 0.717) is 25.7 Å². The first-order chi connectivity index (χ1) is 26.2. The van der Waals surface area contributed by atoms with Gasteiger partial charge in [0.25, 0.3) is 0 Å². The van der Waals surface area contributed by atoms with Gasteiger partial charge in [-0.15, -0.1) is 0 Å². The van der Waals surface area contributed by atoms with Crippen molar-refractivity contribution in [1.29, 1.82) is 0 Å². The largest absolute Gasteiger partial charge is 0.508 e. The van der Waals surface area contributed by atoms with E-state index in [1.165, 1.54) is 10.6 Å². The molecule has 57 heavy (non-hydrogen) atoms. The Morgan fingerprint density at radius 2 is 1.44 bits per heavy atom. The van der Waals surface area contributed by atoms with Crippen LogP contribution >= 0.6 is 0 Å². The average molecular weight is 788 g/mol. The van der Waals surface area contributed by atoms with Crippen molar-refractivity contribution in [3.05, 3.63) is 41.5 Å². The minimum absolute atomic E-state index is 0.0311. The van der Waals surface area contributed by atoms with Gasteiger partial charge < -0.3 is 26.1 Å². The lowest BCUT2D eigenvalue weighted by Crippen LogP contribution is -2.66. The lowest BCUT2D eigenvalue weighted by atomic mass is 9.33. The molecule has 2 amide bonds. The van der Waals surface area contributed by atoms with Crippen LogP contribution in [0.15, 0.2) is 35.9 Å². The molecule has 0 spiro atoms. The van der Waals surface area contributed by atoms with Crippen LogP contribution in [0, 0.1) is 50.2 Å².